The molecule has 8 nitrogen and oxygen atoms in total. The molecule has 1 aromatic heterocycles. The molecule has 1 aliphatic rings. The van der Waals surface area contributed by atoms with Crippen molar-refractivity contribution in [3.05, 3.63) is 46.3 Å². The van der Waals surface area contributed by atoms with Crippen molar-refractivity contribution in [2.75, 3.05) is 19.7 Å². The van der Waals surface area contributed by atoms with Crippen molar-refractivity contribution < 1.29 is 23.5 Å². The number of amides is 2. The van der Waals surface area contributed by atoms with Crippen LogP contribution in [-0.4, -0.2) is 42.4 Å². The lowest BCUT2D eigenvalue weighted by atomic mass is 9.97. The van der Waals surface area contributed by atoms with E-state index in [2.05, 4.69) is 0 Å². The molecule has 1 aliphatic heterocycles. The average Bonchev–Trinajstić information content (AvgIpc) is 2.65. The van der Waals surface area contributed by atoms with Gasteiger partial charge in [-0.15, -0.1) is 0 Å². The van der Waals surface area contributed by atoms with Gasteiger partial charge in [-0.1, -0.05) is 18.2 Å². The Labute approximate surface area is 148 Å². The highest BCUT2D eigenvalue weighted by Crippen LogP contribution is 2.16. The van der Waals surface area contributed by atoms with Crippen molar-refractivity contribution >= 4 is 28.8 Å². The van der Waals surface area contributed by atoms with Crippen LogP contribution in [0.4, 0.5) is 0 Å². The fourth-order valence-corrected chi connectivity index (χ4v) is 2.94. The van der Waals surface area contributed by atoms with Crippen molar-refractivity contribution in [2.24, 2.45) is 11.7 Å². The van der Waals surface area contributed by atoms with E-state index in [-0.39, 0.29) is 12.1 Å². The number of hydrogen-bond acceptors (Lipinski definition) is 6. The lowest BCUT2D eigenvalue weighted by molar-refractivity contribution is -0.137. The monoisotopic (exact) mass is 358 g/mol. The standard InChI is InChI=1S/C18H18N2O6/c19-16(22)12-5-3-7-20(9-12)15(21)10-25-17(23)13-8-11-4-1-2-6-14(11)26-18(13)24/h1-2,4,6,8,12H,3,5,7,9-10H2,(H2,19,22)/t12-/m0/s1. The number of rotatable bonds is 4. The van der Waals surface area contributed by atoms with Crippen molar-refractivity contribution in [3.63, 3.8) is 0 Å². The first-order valence-corrected chi connectivity index (χ1v) is 8.23. The summed E-state index contributed by atoms with van der Waals surface area (Å²) in [7, 11) is 0. The molecule has 2 heterocycles. The van der Waals surface area contributed by atoms with Gasteiger partial charge in [-0.3, -0.25) is 9.59 Å². The molecule has 2 amide bonds. The Hall–Kier alpha value is -3.16. The summed E-state index contributed by atoms with van der Waals surface area (Å²) in [5.74, 6) is -2.21. The summed E-state index contributed by atoms with van der Waals surface area (Å²) in [5, 5.41) is 0.575. The molecule has 1 atom stereocenters. The molecule has 0 unspecified atom stereocenters. The average molecular weight is 358 g/mol. The molecule has 26 heavy (non-hydrogen) atoms. The number of nitrogens with two attached hydrogens (primary N) is 1. The summed E-state index contributed by atoms with van der Waals surface area (Å²) >= 11 is 0. The van der Waals surface area contributed by atoms with E-state index in [9.17, 15) is 19.2 Å². The first kappa shape index (κ1) is 17.7. The van der Waals surface area contributed by atoms with Crippen molar-refractivity contribution in [2.45, 2.75) is 12.8 Å². The molecule has 0 aliphatic carbocycles. The number of likely N-dealkylation sites (tertiary alicyclic amines) is 1. The number of fused-ring (bicyclic) bond motifs is 1. The molecule has 1 fully saturated rings. The minimum absolute atomic E-state index is 0.212. The maximum atomic E-state index is 12.2. The van der Waals surface area contributed by atoms with Crippen LogP contribution >= 0.6 is 0 Å². The molecule has 0 radical (unpaired) electrons. The third-order valence-corrected chi connectivity index (χ3v) is 4.36. The summed E-state index contributed by atoms with van der Waals surface area (Å²) in [4.78, 5) is 49.0. The minimum Gasteiger partial charge on any atom is -0.452 e. The van der Waals surface area contributed by atoms with Crippen LogP contribution in [0.1, 0.15) is 23.2 Å². The first-order chi connectivity index (χ1) is 12.5. The van der Waals surface area contributed by atoms with Gasteiger partial charge in [-0.2, -0.15) is 0 Å². The lowest BCUT2D eigenvalue weighted by Gasteiger charge is -2.30. The summed E-state index contributed by atoms with van der Waals surface area (Å²) in [5.41, 5.74) is 4.54. The van der Waals surface area contributed by atoms with E-state index >= 15 is 0 Å². The van der Waals surface area contributed by atoms with Crippen LogP contribution in [0.25, 0.3) is 11.0 Å². The summed E-state index contributed by atoms with van der Waals surface area (Å²) in [6, 6.07) is 8.13. The molecule has 2 N–H and O–H groups in total. The molecular weight excluding hydrogens is 340 g/mol. The van der Waals surface area contributed by atoms with Gasteiger partial charge >= 0.3 is 11.6 Å². The third-order valence-electron chi connectivity index (χ3n) is 4.36. The van der Waals surface area contributed by atoms with Crippen molar-refractivity contribution in [1.29, 1.82) is 0 Å². The van der Waals surface area contributed by atoms with Crippen LogP contribution in [0, 0.1) is 5.92 Å². The number of carbonyl (C=O) groups is 3. The van der Waals surface area contributed by atoms with Gasteiger partial charge in [0.1, 0.15) is 11.1 Å². The summed E-state index contributed by atoms with van der Waals surface area (Å²) < 4.78 is 10.0. The summed E-state index contributed by atoms with van der Waals surface area (Å²) in [6.45, 7) is 0.165. The number of primary amides is 1. The number of nitrogens with zero attached hydrogens (tertiary/aromatic N) is 1. The van der Waals surface area contributed by atoms with Crippen molar-refractivity contribution in [3.8, 4) is 0 Å². The van der Waals surface area contributed by atoms with E-state index in [1.165, 1.54) is 11.0 Å². The Kier molecular flexibility index (Phi) is 5.01. The largest absolute Gasteiger partial charge is 0.452 e. The van der Waals surface area contributed by atoms with E-state index in [0.717, 1.165) is 0 Å². The highest BCUT2D eigenvalue weighted by atomic mass is 16.5. The fourth-order valence-electron chi connectivity index (χ4n) is 2.94. The molecular formula is C18H18N2O6. The number of piperidine rings is 1. The van der Waals surface area contributed by atoms with Gasteiger partial charge in [0.15, 0.2) is 6.61 Å². The molecule has 136 valence electrons. The normalized spacial score (nSPS) is 17.1. The number of ether oxygens (including phenoxy) is 1. The molecule has 0 bridgehead atoms. The molecule has 0 spiro atoms. The topological polar surface area (TPSA) is 120 Å². The molecule has 2 aromatic rings. The maximum absolute atomic E-state index is 12.2. The van der Waals surface area contributed by atoms with Crippen LogP contribution in [0.3, 0.4) is 0 Å². The second kappa shape index (κ2) is 7.38. The lowest BCUT2D eigenvalue weighted by Crippen LogP contribution is -2.45. The van der Waals surface area contributed by atoms with E-state index < -0.39 is 35.9 Å². The second-order valence-electron chi connectivity index (χ2n) is 6.14. The Morgan fingerprint density at radius 2 is 2.04 bits per heavy atom. The first-order valence-electron chi connectivity index (χ1n) is 8.23. The van der Waals surface area contributed by atoms with Crippen LogP contribution in [0.15, 0.2) is 39.5 Å². The zero-order valence-corrected chi connectivity index (χ0v) is 14.0. The van der Waals surface area contributed by atoms with Gasteiger partial charge in [-0.05, 0) is 25.0 Å². The quantitative estimate of drug-likeness (QED) is 0.634. The van der Waals surface area contributed by atoms with Gasteiger partial charge in [0.25, 0.3) is 5.91 Å². The number of benzene rings is 1. The highest BCUT2D eigenvalue weighted by Gasteiger charge is 2.27. The molecule has 1 saturated heterocycles. The maximum Gasteiger partial charge on any atom is 0.351 e. The molecule has 1 aromatic carbocycles. The van der Waals surface area contributed by atoms with Gasteiger partial charge in [0, 0.05) is 18.5 Å². The predicted octanol–water partition coefficient (Wildman–Crippen LogP) is 0.674. The number of hydrogen-bond donors (Lipinski definition) is 1. The fraction of sp³-hybridized carbons (Fsp3) is 0.333. The van der Waals surface area contributed by atoms with Gasteiger partial charge in [-0.25, -0.2) is 9.59 Å². The number of para-hydroxylation sites is 1. The predicted molar refractivity (Wildman–Crippen MR) is 91.3 cm³/mol. The Morgan fingerprint density at radius 1 is 1.27 bits per heavy atom. The van der Waals surface area contributed by atoms with Gasteiger partial charge in [0.2, 0.25) is 5.91 Å². The van der Waals surface area contributed by atoms with E-state index in [1.807, 2.05) is 0 Å². The van der Waals surface area contributed by atoms with Crippen LogP contribution in [-0.2, 0) is 14.3 Å². The zero-order chi connectivity index (χ0) is 18.7. The Balaban J connectivity index is 1.65. The Morgan fingerprint density at radius 3 is 2.81 bits per heavy atom. The van der Waals surface area contributed by atoms with E-state index in [1.54, 1.807) is 24.3 Å². The second-order valence-corrected chi connectivity index (χ2v) is 6.14. The smallest absolute Gasteiger partial charge is 0.351 e. The molecule has 0 saturated carbocycles. The van der Waals surface area contributed by atoms with E-state index in [4.69, 9.17) is 14.9 Å². The highest BCUT2D eigenvalue weighted by molar-refractivity contribution is 5.94. The van der Waals surface area contributed by atoms with Crippen LogP contribution < -0.4 is 11.4 Å². The SMILES string of the molecule is NC(=O)[C@H]1CCCN(C(=O)COC(=O)c2cc3ccccc3oc2=O)C1. The van der Waals surface area contributed by atoms with Gasteiger partial charge < -0.3 is 19.8 Å². The van der Waals surface area contributed by atoms with Gasteiger partial charge in [0.05, 0.1) is 5.92 Å². The summed E-state index contributed by atoms with van der Waals surface area (Å²) in [6.07, 6.45) is 1.29. The number of carbonyl (C=O) groups excluding carboxylic acids is 3. The number of esters is 1. The zero-order valence-electron chi connectivity index (χ0n) is 14.0. The van der Waals surface area contributed by atoms with E-state index in [0.29, 0.717) is 30.4 Å². The molecule has 8 heteroatoms. The van der Waals surface area contributed by atoms with Crippen LogP contribution in [0.2, 0.25) is 0 Å². The minimum atomic E-state index is -0.929. The molecule has 3 rings (SSSR count). The third kappa shape index (κ3) is 3.74. The Bertz CT molecular complexity index is 919. The van der Waals surface area contributed by atoms with Crippen molar-refractivity contribution in [1.82, 2.24) is 4.90 Å². The van der Waals surface area contributed by atoms with Crippen LogP contribution in [0.5, 0.6) is 0 Å².